The summed E-state index contributed by atoms with van der Waals surface area (Å²) in [5.41, 5.74) is 0.977. The molecule has 0 spiro atoms. The van der Waals surface area contributed by atoms with Crippen molar-refractivity contribution in [3.63, 3.8) is 0 Å². The van der Waals surface area contributed by atoms with Crippen LogP contribution in [0.1, 0.15) is 19.4 Å². The molecule has 0 fully saturated rings. The number of nitrogens with one attached hydrogen (secondary N) is 1. The molecule has 5 nitrogen and oxygen atoms in total. The van der Waals surface area contributed by atoms with E-state index < -0.39 is 0 Å². The number of para-hydroxylation sites is 1. The molecule has 1 N–H and O–H groups in total. The Hall–Kier alpha value is -1.75. The molecule has 0 aliphatic rings. The zero-order valence-electron chi connectivity index (χ0n) is 12.7. The first-order valence-electron chi connectivity index (χ1n) is 6.90. The van der Waals surface area contributed by atoms with E-state index in [1.807, 2.05) is 39.1 Å². The van der Waals surface area contributed by atoms with Crippen molar-refractivity contribution in [3.05, 3.63) is 23.8 Å². The van der Waals surface area contributed by atoms with Gasteiger partial charge in [-0.15, -0.1) is 0 Å². The molecule has 0 saturated heterocycles. The first-order valence-corrected chi connectivity index (χ1v) is 6.90. The highest BCUT2D eigenvalue weighted by Crippen LogP contribution is 2.31. The molecule has 1 amide bonds. The molecule has 0 aliphatic heterocycles. The van der Waals surface area contributed by atoms with Crippen LogP contribution in [0.15, 0.2) is 18.2 Å². The minimum Gasteiger partial charge on any atom is -0.490 e. The van der Waals surface area contributed by atoms with Crippen molar-refractivity contribution in [2.24, 2.45) is 0 Å². The number of benzene rings is 1. The average molecular weight is 280 g/mol. The maximum atomic E-state index is 11.8. The molecule has 0 unspecified atom stereocenters. The summed E-state index contributed by atoms with van der Waals surface area (Å²) in [5.74, 6) is 1.27. The number of carbonyl (C=O) groups is 1. The van der Waals surface area contributed by atoms with E-state index in [2.05, 4.69) is 5.32 Å². The van der Waals surface area contributed by atoms with E-state index in [4.69, 9.17) is 9.47 Å². The van der Waals surface area contributed by atoms with E-state index >= 15 is 0 Å². The second-order valence-electron chi connectivity index (χ2n) is 4.40. The minimum atomic E-state index is -0.0470. The predicted octanol–water partition coefficient (Wildman–Crippen LogP) is 1.66. The smallest absolute Gasteiger partial charge is 0.260 e. The summed E-state index contributed by atoms with van der Waals surface area (Å²) in [4.78, 5) is 13.5. The van der Waals surface area contributed by atoms with Crippen LogP contribution in [0.5, 0.6) is 11.5 Å². The van der Waals surface area contributed by atoms with Gasteiger partial charge in [0.15, 0.2) is 18.1 Å². The van der Waals surface area contributed by atoms with Crippen LogP contribution in [-0.2, 0) is 11.3 Å². The van der Waals surface area contributed by atoms with Gasteiger partial charge in [0.2, 0.25) is 0 Å². The van der Waals surface area contributed by atoms with Gasteiger partial charge in [0.1, 0.15) is 0 Å². The maximum absolute atomic E-state index is 11.8. The van der Waals surface area contributed by atoms with Crippen molar-refractivity contribution < 1.29 is 14.3 Å². The molecular formula is C15H24N2O3. The van der Waals surface area contributed by atoms with E-state index in [0.29, 0.717) is 31.2 Å². The van der Waals surface area contributed by atoms with Gasteiger partial charge in [0, 0.05) is 25.7 Å². The second-order valence-corrected chi connectivity index (χ2v) is 4.40. The summed E-state index contributed by atoms with van der Waals surface area (Å²) in [5, 5.41) is 3.08. The first-order chi connectivity index (χ1) is 9.63. The van der Waals surface area contributed by atoms with Gasteiger partial charge in [0.05, 0.1) is 6.61 Å². The fourth-order valence-electron chi connectivity index (χ4n) is 1.74. The molecule has 1 aromatic carbocycles. The van der Waals surface area contributed by atoms with Crippen LogP contribution in [0.2, 0.25) is 0 Å². The molecule has 20 heavy (non-hydrogen) atoms. The molecule has 0 bridgehead atoms. The number of carbonyl (C=O) groups excluding carboxylic acids is 1. The van der Waals surface area contributed by atoms with E-state index in [1.54, 1.807) is 11.9 Å². The molecule has 1 rings (SSSR count). The molecule has 0 saturated carbocycles. The minimum absolute atomic E-state index is 0.0190. The Balaban J connectivity index is 2.86. The van der Waals surface area contributed by atoms with E-state index in [0.717, 1.165) is 5.56 Å². The lowest BCUT2D eigenvalue weighted by Gasteiger charge is -2.18. The van der Waals surface area contributed by atoms with Gasteiger partial charge >= 0.3 is 0 Å². The Morgan fingerprint density at radius 3 is 2.65 bits per heavy atom. The summed E-state index contributed by atoms with van der Waals surface area (Å²) in [6, 6.07) is 5.74. The van der Waals surface area contributed by atoms with Crippen molar-refractivity contribution in [2.45, 2.75) is 20.4 Å². The monoisotopic (exact) mass is 280 g/mol. The van der Waals surface area contributed by atoms with Gasteiger partial charge in [-0.3, -0.25) is 4.79 Å². The molecule has 0 radical (unpaired) electrons. The third kappa shape index (κ3) is 4.42. The van der Waals surface area contributed by atoms with Gasteiger partial charge in [-0.1, -0.05) is 12.1 Å². The highest BCUT2D eigenvalue weighted by molar-refractivity contribution is 5.77. The van der Waals surface area contributed by atoms with Gasteiger partial charge in [-0.05, 0) is 27.0 Å². The van der Waals surface area contributed by atoms with Crippen LogP contribution in [0.4, 0.5) is 0 Å². The van der Waals surface area contributed by atoms with E-state index in [9.17, 15) is 4.79 Å². The summed E-state index contributed by atoms with van der Waals surface area (Å²) in [6.45, 7) is 5.75. The fourth-order valence-corrected chi connectivity index (χ4v) is 1.74. The van der Waals surface area contributed by atoms with Crippen LogP contribution in [0, 0.1) is 0 Å². The summed E-state index contributed by atoms with van der Waals surface area (Å²) in [6.07, 6.45) is 0. The average Bonchev–Trinajstić information content (AvgIpc) is 2.46. The molecule has 0 heterocycles. The normalized spacial score (nSPS) is 10.2. The zero-order valence-corrected chi connectivity index (χ0v) is 12.7. The lowest BCUT2D eigenvalue weighted by molar-refractivity contribution is -0.131. The fraction of sp³-hybridized carbons (Fsp3) is 0.533. The van der Waals surface area contributed by atoms with Crippen molar-refractivity contribution >= 4 is 5.91 Å². The van der Waals surface area contributed by atoms with Gasteiger partial charge in [0.25, 0.3) is 5.91 Å². The predicted molar refractivity (Wildman–Crippen MR) is 79.2 cm³/mol. The second kappa shape index (κ2) is 8.43. The number of nitrogens with zero attached hydrogens (tertiary/aromatic N) is 1. The molecule has 0 atom stereocenters. The van der Waals surface area contributed by atoms with Crippen LogP contribution >= 0.6 is 0 Å². The highest BCUT2D eigenvalue weighted by atomic mass is 16.5. The third-order valence-electron chi connectivity index (χ3n) is 2.97. The lowest BCUT2D eigenvalue weighted by atomic mass is 10.2. The summed E-state index contributed by atoms with van der Waals surface area (Å²) >= 11 is 0. The SMILES string of the molecule is CCOc1cccc(CNC)c1OCC(=O)N(C)CC. The van der Waals surface area contributed by atoms with Crippen LogP contribution < -0.4 is 14.8 Å². The quantitative estimate of drug-likeness (QED) is 0.787. The Bertz CT molecular complexity index is 411. The van der Waals surface area contributed by atoms with Gasteiger partial charge in [-0.25, -0.2) is 0 Å². The molecule has 0 aromatic heterocycles. The summed E-state index contributed by atoms with van der Waals surface area (Å²) in [7, 11) is 3.63. The van der Waals surface area contributed by atoms with E-state index in [-0.39, 0.29) is 12.5 Å². The number of rotatable bonds is 8. The Labute approximate surface area is 120 Å². The Morgan fingerprint density at radius 1 is 1.30 bits per heavy atom. The van der Waals surface area contributed by atoms with Crippen molar-refractivity contribution in [1.82, 2.24) is 10.2 Å². The molecule has 112 valence electrons. The number of likely N-dealkylation sites (N-methyl/N-ethyl adjacent to an activating group) is 1. The van der Waals surface area contributed by atoms with Gasteiger partial charge < -0.3 is 19.7 Å². The molecule has 5 heteroatoms. The summed E-state index contributed by atoms with van der Waals surface area (Å²) < 4.78 is 11.3. The highest BCUT2D eigenvalue weighted by Gasteiger charge is 2.14. The largest absolute Gasteiger partial charge is 0.490 e. The molecule has 0 aliphatic carbocycles. The van der Waals surface area contributed by atoms with Crippen LogP contribution in [0.25, 0.3) is 0 Å². The first kappa shape index (κ1) is 16.3. The molecular weight excluding hydrogens is 256 g/mol. The number of ether oxygens (including phenoxy) is 2. The Morgan fingerprint density at radius 2 is 2.05 bits per heavy atom. The topological polar surface area (TPSA) is 50.8 Å². The number of hydrogen-bond acceptors (Lipinski definition) is 4. The molecule has 1 aromatic rings. The van der Waals surface area contributed by atoms with Crippen LogP contribution in [0.3, 0.4) is 0 Å². The number of amides is 1. The van der Waals surface area contributed by atoms with Crippen molar-refractivity contribution in [3.8, 4) is 11.5 Å². The van der Waals surface area contributed by atoms with Crippen LogP contribution in [-0.4, -0.2) is 44.7 Å². The maximum Gasteiger partial charge on any atom is 0.260 e. The Kier molecular flexibility index (Phi) is 6.87. The van der Waals surface area contributed by atoms with Gasteiger partial charge in [-0.2, -0.15) is 0 Å². The third-order valence-corrected chi connectivity index (χ3v) is 2.97. The zero-order chi connectivity index (χ0) is 15.0. The standard InChI is InChI=1S/C15H24N2O3/c1-5-17(4)14(18)11-20-15-12(10-16-3)8-7-9-13(15)19-6-2/h7-9,16H,5-6,10-11H2,1-4H3. The van der Waals surface area contributed by atoms with E-state index in [1.165, 1.54) is 0 Å². The lowest BCUT2D eigenvalue weighted by Crippen LogP contribution is -2.31. The van der Waals surface area contributed by atoms with Crippen molar-refractivity contribution in [2.75, 3.05) is 33.9 Å². The number of hydrogen-bond donors (Lipinski definition) is 1. The van der Waals surface area contributed by atoms with Crippen molar-refractivity contribution in [1.29, 1.82) is 0 Å².